The predicted octanol–water partition coefficient (Wildman–Crippen LogP) is 2.97. The fourth-order valence-electron chi connectivity index (χ4n) is 1.97. The first-order valence-corrected chi connectivity index (χ1v) is 9.25. The van der Waals surface area contributed by atoms with Crippen LogP contribution < -0.4 is 9.50 Å². The number of nitrogens with one attached hydrogen (secondary N) is 1. The third-order valence-electron chi connectivity index (χ3n) is 3.09. The third-order valence-corrected chi connectivity index (χ3v) is 4.35. The first kappa shape index (κ1) is 19.7. The summed E-state index contributed by atoms with van der Waals surface area (Å²) in [5.74, 6) is 0.0853. The molecular formula is C18H21NO6S. The normalized spacial score (nSPS) is 12.9. The standard InChI is InChI=1S/C18H21NO6S/c1-18(2,3)24-17(21)19-16(20)13-9-11-14(12-10-13)25-26(22,23)15-7-5-4-6-8-15/h4-12,16,20H,1-3H3,(H,19,21). The summed E-state index contributed by atoms with van der Waals surface area (Å²) in [6, 6.07) is 13.4. The summed E-state index contributed by atoms with van der Waals surface area (Å²) >= 11 is 0. The zero-order chi connectivity index (χ0) is 19.4. The summed E-state index contributed by atoms with van der Waals surface area (Å²) in [5, 5.41) is 12.3. The minimum absolute atomic E-state index is 0.0377. The highest BCUT2D eigenvalue weighted by Crippen LogP contribution is 2.21. The lowest BCUT2D eigenvalue weighted by Gasteiger charge is -2.21. The van der Waals surface area contributed by atoms with E-state index in [4.69, 9.17) is 8.92 Å². The molecule has 0 saturated carbocycles. The molecule has 2 rings (SSSR count). The van der Waals surface area contributed by atoms with Crippen molar-refractivity contribution in [2.24, 2.45) is 0 Å². The van der Waals surface area contributed by atoms with Gasteiger partial charge in [0.15, 0.2) is 6.23 Å². The van der Waals surface area contributed by atoms with E-state index in [2.05, 4.69) is 5.32 Å². The SMILES string of the molecule is CC(C)(C)OC(=O)NC(O)c1ccc(OS(=O)(=O)c2ccccc2)cc1. The Morgan fingerprint density at radius 3 is 2.15 bits per heavy atom. The van der Waals surface area contributed by atoms with Crippen LogP contribution >= 0.6 is 0 Å². The Bertz CT molecular complexity index is 842. The van der Waals surface area contributed by atoms with E-state index in [0.717, 1.165) is 0 Å². The van der Waals surface area contributed by atoms with Crippen molar-refractivity contribution < 1.29 is 27.2 Å². The van der Waals surface area contributed by atoms with Gasteiger partial charge in [0.1, 0.15) is 16.2 Å². The zero-order valence-electron chi connectivity index (χ0n) is 14.7. The Hall–Kier alpha value is -2.58. The number of aliphatic hydroxyl groups excluding tert-OH is 1. The number of ether oxygens (including phenoxy) is 1. The number of carbonyl (C=O) groups excluding carboxylic acids is 1. The molecule has 0 fully saturated rings. The molecule has 0 aromatic heterocycles. The van der Waals surface area contributed by atoms with Crippen LogP contribution in [0.2, 0.25) is 0 Å². The highest BCUT2D eigenvalue weighted by Gasteiger charge is 2.20. The van der Waals surface area contributed by atoms with Gasteiger partial charge in [-0.2, -0.15) is 8.42 Å². The Labute approximate surface area is 152 Å². The molecule has 0 aliphatic rings. The minimum Gasteiger partial charge on any atom is -0.444 e. The number of hydrogen-bond donors (Lipinski definition) is 2. The topological polar surface area (TPSA) is 102 Å². The molecule has 0 spiro atoms. The van der Waals surface area contributed by atoms with E-state index >= 15 is 0 Å². The van der Waals surface area contributed by atoms with Gasteiger partial charge in [0.25, 0.3) is 0 Å². The van der Waals surface area contributed by atoms with Crippen LogP contribution in [0.4, 0.5) is 4.79 Å². The largest absolute Gasteiger partial charge is 0.444 e. The molecule has 0 radical (unpaired) electrons. The van der Waals surface area contributed by atoms with Gasteiger partial charge in [-0.25, -0.2) is 4.79 Å². The summed E-state index contributed by atoms with van der Waals surface area (Å²) in [6.07, 6.45) is -2.07. The third kappa shape index (κ3) is 5.75. The molecule has 0 heterocycles. The van der Waals surface area contributed by atoms with Crippen molar-refractivity contribution in [2.75, 3.05) is 0 Å². The summed E-state index contributed by atoms with van der Waals surface area (Å²) in [6.45, 7) is 5.12. The quantitative estimate of drug-likeness (QED) is 0.612. The molecule has 1 atom stereocenters. The van der Waals surface area contributed by atoms with Gasteiger partial charge in [-0.05, 0) is 45.0 Å². The van der Waals surface area contributed by atoms with Crippen molar-refractivity contribution in [3.05, 3.63) is 60.2 Å². The molecule has 2 N–H and O–H groups in total. The second-order valence-electron chi connectivity index (χ2n) is 6.47. The van der Waals surface area contributed by atoms with E-state index in [1.807, 2.05) is 0 Å². The van der Waals surface area contributed by atoms with Gasteiger partial charge in [0.05, 0.1) is 0 Å². The van der Waals surface area contributed by atoms with Gasteiger partial charge < -0.3 is 14.0 Å². The molecule has 0 aliphatic carbocycles. The predicted molar refractivity (Wildman–Crippen MR) is 95.0 cm³/mol. The molecule has 0 saturated heterocycles. The van der Waals surface area contributed by atoms with E-state index in [9.17, 15) is 18.3 Å². The van der Waals surface area contributed by atoms with Crippen molar-refractivity contribution in [2.45, 2.75) is 37.5 Å². The van der Waals surface area contributed by atoms with E-state index < -0.39 is 28.0 Å². The highest BCUT2D eigenvalue weighted by molar-refractivity contribution is 7.87. The van der Waals surface area contributed by atoms with E-state index in [0.29, 0.717) is 5.56 Å². The van der Waals surface area contributed by atoms with Crippen LogP contribution in [0.1, 0.15) is 32.6 Å². The lowest BCUT2D eigenvalue weighted by Crippen LogP contribution is -2.34. The number of alkyl carbamates (subject to hydrolysis) is 1. The summed E-state index contributed by atoms with van der Waals surface area (Å²) in [5.41, 5.74) is -0.340. The molecule has 7 nitrogen and oxygen atoms in total. The smallest absolute Gasteiger partial charge is 0.409 e. The van der Waals surface area contributed by atoms with Gasteiger partial charge in [-0.3, -0.25) is 5.32 Å². The number of rotatable bonds is 5. The molecule has 2 aromatic carbocycles. The van der Waals surface area contributed by atoms with Gasteiger partial charge >= 0.3 is 16.2 Å². The summed E-state index contributed by atoms with van der Waals surface area (Å²) in [7, 11) is -3.94. The van der Waals surface area contributed by atoms with Crippen LogP contribution in [0, 0.1) is 0 Å². The second-order valence-corrected chi connectivity index (χ2v) is 8.01. The molecule has 1 amide bonds. The van der Waals surface area contributed by atoms with Crippen LogP contribution in [-0.2, 0) is 14.9 Å². The second kappa shape index (κ2) is 7.76. The van der Waals surface area contributed by atoms with Crippen molar-refractivity contribution in [1.82, 2.24) is 5.32 Å². The maximum Gasteiger partial charge on any atom is 0.409 e. The van der Waals surface area contributed by atoms with Crippen LogP contribution in [0.25, 0.3) is 0 Å². The molecule has 0 bridgehead atoms. The average Bonchev–Trinajstić information content (AvgIpc) is 2.54. The van der Waals surface area contributed by atoms with Crippen LogP contribution in [0.15, 0.2) is 59.5 Å². The number of amides is 1. The zero-order valence-corrected chi connectivity index (χ0v) is 15.5. The van der Waals surface area contributed by atoms with Gasteiger partial charge in [0.2, 0.25) is 0 Å². The average molecular weight is 379 g/mol. The molecule has 0 aliphatic heterocycles. The first-order valence-electron chi connectivity index (χ1n) is 7.84. The Balaban J connectivity index is 2.03. The molecule has 1 unspecified atom stereocenters. The number of benzene rings is 2. The van der Waals surface area contributed by atoms with Gasteiger partial charge in [-0.15, -0.1) is 0 Å². The maximum atomic E-state index is 12.2. The van der Waals surface area contributed by atoms with Crippen molar-refractivity contribution in [3.8, 4) is 5.75 Å². The maximum absolute atomic E-state index is 12.2. The number of hydrogen-bond acceptors (Lipinski definition) is 6. The number of aliphatic hydroxyl groups is 1. The molecule has 26 heavy (non-hydrogen) atoms. The van der Waals surface area contributed by atoms with Gasteiger partial charge in [0, 0.05) is 5.56 Å². The molecule has 2 aromatic rings. The Kier molecular flexibility index (Phi) is 5.89. The lowest BCUT2D eigenvalue weighted by atomic mass is 10.2. The summed E-state index contributed by atoms with van der Waals surface area (Å²) in [4.78, 5) is 11.7. The van der Waals surface area contributed by atoms with Crippen molar-refractivity contribution in [1.29, 1.82) is 0 Å². The minimum atomic E-state index is -3.94. The fraction of sp³-hybridized carbons (Fsp3) is 0.278. The van der Waals surface area contributed by atoms with Crippen molar-refractivity contribution in [3.63, 3.8) is 0 Å². The van der Waals surface area contributed by atoms with Gasteiger partial charge in [-0.1, -0.05) is 30.3 Å². The Morgan fingerprint density at radius 2 is 1.62 bits per heavy atom. The fourth-order valence-corrected chi connectivity index (χ4v) is 2.92. The van der Waals surface area contributed by atoms with E-state index in [1.54, 1.807) is 39.0 Å². The van der Waals surface area contributed by atoms with E-state index in [1.165, 1.54) is 36.4 Å². The molecular weight excluding hydrogens is 358 g/mol. The van der Waals surface area contributed by atoms with E-state index in [-0.39, 0.29) is 10.6 Å². The number of carbonyl (C=O) groups is 1. The highest BCUT2D eigenvalue weighted by atomic mass is 32.2. The monoisotopic (exact) mass is 379 g/mol. The molecule has 8 heteroatoms. The Morgan fingerprint density at radius 1 is 1.04 bits per heavy atom. The molecule has 140 valence electrons. The lowest BCUT2D eigenvalue weighted by molar-refractivity contribution is 0.0355. The first-order chi connectivity index (χ1) is 12.1. The van der Waals surface area contributed by atoms with Crippen LogP contribution in [0.5, 0.6) is 5.75 Å². The van der Waals surface area contributed by atoms with Crippen LogP contribution in [-0.4, -0.2) is 25.2 Å². The van der Waals surface area contributed by atoms with Crippen molar-refractivity contribution >= 4 is 16.2 Å². The van der Waals surface area contributed by atoms with Crippen LogP contribution in [0.3, 0.4) is 0 Å². The summed E-state index contributed by atoms with van der Waals surface area (Å²) < 4.78 is 34.4.